The van der Waals surface area contributed by atoms with Gasteiger partial charge in [-0.3, -0.25) is 0 Å². The van der Waals surface area contributed by atoms with Crippen LogP contribution in [0.2, 0.25) is 14.4 Å². The standard InChI is InChI=1S/C12H11Cl3N2S/c13-9-5-7(16)6-10(14)12(9)17-4-3-8-1-2-11(15)18-8/h1-2,5-6,17H,3-4,16H2. The van der Waals surface area contributed by atoms with E-state index in [0.717, 1.165) is 23.0 Å². The maximum absolute atomic E-state index is 6.08. The van der Waals surface area contributed by atoms with Gasteiger partial charge in [-0.25, -0.2) is 0 Å². The molecule has 1 aromatic carbocycles. The van der Waals surface area contributed by atoms with Crippen molar-refractivity contribution in [2.24, 2.45) is 0 Å². The Morgan fingerprint density at radius 2 is 1.78 bits per heavy atom. The Kier molecular flexibility index (Phi) is 4.62. The predicted molar refractivity (Wildman–Crippen MR) is 82.4 cm³/mol. The number of anilines is 2. The first kappa shape index (κ1) is 13.8. The number of nitrogen functional groups attached to an aromatic ring is 1. The molecule has 6 heteroatoms. The topological polar surface area (TPSA) is 38.0 Å². The number of hydrogen-bond acceptors (Lipinski definition) is 3. The Labute approximate surface area is 125 Å². The second-order valence-electron chi connectivity index (χ2n) is 3.74. The van der Waals surface area contributed by atoms with Crippen LogP contribution in [-0.2, 0) is 6.42 Å². The summed E-state index contributed by atoms with van der Waals surface area (Å²) in [6, 6.07) is 7.27. The van der Waals surface area contributed by atoms with Crippen molar-refractivity contribution < 1.29 is 0 Å². The van der Waals surface area contributed by atoms with Gasteiger partial charge >= 0.3 is 0 Å². The summed E-state index contributed by atoms with van der Waals surface area (Å²) in [5, 5.41) is 4.27. The highest BCUT2D eigenvalue weighted by molar-refractivity contribution is 7.16. The third-order valence-corrected chi connectivity index (χ3v) is 4.25. The van der Waals surface area contributed by atoms with Gasteiger partial charge in [0.1, 0.15) is 0 Å². The quantitative estimate of drug-likeness (QED) is 0.782. The Balaban J connectivity index is 1.98. The van der Waals surface area contributed by atoms with Crippen LogP contribution in [0.15, 0.2) is 24.3 Å². The van der Waals surface area contributed by atoms with Crippen LogP contribution in [0.5, 0.6) is 0 Å². The average Bonchev–Trinajstić information content (AvgIpc) is 2.68. The molecule has 0 amide bonds. The van der Waals surface area contributed by atoms with Crippen molar-refractivity contribution in [2.45, 2.75) is 6.42 Å². The van der Waals surface area contributed by atoms with Crippen LogP contribution in [0.1, 0.15) is 4.88 Å². The van der Waals surface area contributed by atoms with Crippen molar-refractivity contribution in [1.82, 2.24) is 0 Å². The fourth-order valence-corrected chi connectivity index (χ4v) is 3.28. The van der Waals surface area contributed by atoms with E-state index >= 15 is 0 Å². The molecular formula is C12H11Cl3N2S. The van der Waals surface area contributed by atoms with Gasteiger partial charge in [0.15, 0.2) is 0 Å². The number of rotatable bonds is 4. The second kappa shape index (κ2) is 6.02. The SMILES string of the molecule is Nc1cc(Cl)c(NCCc2ccc(Cl)s2)c(Cl)c1. The van der Waals surface area contributed by atoms with Crippen molar-refractivity contribution in [1.29, 1.82) is 0 Å². The molecule has 0 saturated carbocycles. The van der Waals surface area contributed by atoms with Crippen molar-refractivity contribution in [3.8, 4) is 0 Å². The fraction of sp³-hybridized carbons (Fsp3) is 0.167. The second-order valence-corrected chi connectivity index (χ2v) is 6.36. The molecule has 1 heterocycles. The lowest BCUT2D eigenvalue weighted by Crippen LogP contribution is -2.05. The minimum absolute atomic E-state index is 0.532. The van der Waals surface area contributed by atoms with E-state index in [9.17, 15) is 0 Å². The zero-order chi connectivity index (χ0) is 13.1. The van der Waals surface area contributed by atoms with E-state index in [1.165, 1.54) is 4.88 Å². The molecule has 3 N–H and O–H groups in total. The molecule has 0 aliphatic heterocycles. The molecule has 0 saturated heterocycles. The lowest BCUT2D eigenvalue weighted by Gasteiger charge is -2.10. The van der Waals surface area contributed by atoms with E-state index in [1.807, 2.05) is 12.1 Å². The minimum atomic E-state index is 0.532. The fourth-order valence-electron chi connectivity index (χ4n) is 1.56. The summed E-state index contributed by atoms with van der Waals surface area (Å²) < 4.78 is 0.800. The van der Waals surface area contributed by atoms with Crippen molar-refractivity contribution in [3.63, 3.8) is 0 Å². The number of thiophene rings is 1. The number of hydrogen-bond donors (Lipinski definition) is 2. The van der Waals surface area contributed by atoms with Crippen LogP contribution in [-0.4, -0.2) is 6.54 Å². The summed E-state index contributed by atoms with van der Waals surface area (Å²) in [5.74, 6) is 0. The van der Waals surface area contributed by atoms with Crippen LogP contribution in [0, 0.1) is 0 Å². The number of halogens is 3. The molecular weight excluding hydrogens is 311 g/mol. The van der Waals surface area contributed by atoms with E-state index in [0.29, 0.717) is 15.7 Å². The summed E-state index contributed by atoms with van der Waals surface area (Å²) in [4.78, 5) is 1.22. The third kappa shape index (κ3) is 3.45. The zero-order valence-corrected chi connectivity index (χ0v) is 12.4. The molecule has 0 aliphatic rings. The van der Waals surface area contributed by atoms with E-state index in [1.54, 1.807) is 23.5 Å². The molecule has 0 fully saturated rings. The van der Waals surface area contributed by atoms with E-state index in [4.69, 9.17) is 40.5 Å². The average molecular weight is 322 g/mol. The first-order valence-corrected chi connectivity index (χ1v) is 7.24. The largest absolute Gasteiger partial charge is 0.399 e. The highest BCUT2D eigenvalue weighted by Gasteiger charge is 2.07. The van der Waals surface area contributed by atoms with E-state index in [-0.39, 0.29) is 0 Å². The lowest BCUT2D eigenvalue weighted by molar-refractivity contribution is 1.04. The molecule has 0 bridgehead atoms. The van der Waals surface area contributed by atoms with Gasteiger partial charge in [0, 0.05) is 17.1 Å². The molecule has 2 nitrogen and oxygen atoms in total. The first-order valence-electron chi connectivity index (χ1n) is 5.29. The highest BCUT2D eigenvalue weighted by Crippen LogP contribution is 2.32. The number of benzene rings is 1. The van der Waals surface area contributed by atoms with Gasteiger partial charge in [-0.1, -0.05) is 34.8 Å². The molecule has 0 unspecified atom stereocenters. The summed E-state index contributed by atoms with van der Waals surface area (Å²) >= 11 is 19.6. The summed E-state index contributed by atoms with van der Waals surface area (Å²) in [6.45, 7) is 0.736. The van der Waals surface area contributed by atoms with Gasteiger partial charge in [0.05, 0.1) is 20.1 Å². The third-order valence-electron chi connectivity index (χ3n) is 2.37. The van der Waals surface area contributed by atoms with Crippen LogP contribution in [0.25, 0.3) is 0 Å². The monoisotopic (exact) mass is 320 g/mol. The normalized spacial score (nSPS) is 10.6. The smallest absolute Gasteiger partial charge is 0.0931 e. The van der Waals surface area contributed by atoms with Gasteiger partial charge in [0.2, 0.25) is 0 Å². The van der Waals surface area contributed by atoms with E-state index in [2.05, 4.69) is 5.32 Å². The van der Waals surface area contributed by atoms with Crippen molar-refractivity contribution >= 4 is 57.5 Å². The summed E-state index contributed by atoms with van der Waals surface area (Å²) in [5.41, 5.74) is 6.92. The van der Waals surface area contributed by atoms with Gasteiger partial charge in [0.25, 0.3) is 0 Å². The van der Waals surface area contributed by atoms with Crippen LogP contribution < -0.4 is 11.1 Å². The van der Waals surface area contributed by atoms with Gasteiger partial charge in [-0.05, 0) is 30.7 Å². The van der Waals surface area contributed by atoms with Crippen LogP contribution >= 0.6 is 46.1 Å². The first-order chi connectivity index (χ1) is 8.56. The van der Waals surface area contributed by atoms with Crippen LogP contribution in [0.4, 0.5) is 11.4 Å². The maximum atomic E-state index is 6.08. The lowest BCUT2D eigenvalue weighted by atomic mass is 10.2. The van der Waals surface area contributed by atoms with Gasteiger partial charge < -0.3 is 11.1 Å². The number of nitrogens with two attached hydrogens (primary N) is 1. The Hall–Kier alpha value is -0.610. The van der Waals surface area contributed by atoms with E-state index < -0.39 is 0 Å². The molecule has 1 aromatic heterocycles. The van der Waals surface area contributed by atoms with Crippen LogP contribution in [0.3, 0.4) is 0 Å². The predicted octanol–water partition coefficient (Wildman–Crippen LogP) is 4.95. The van der Waals surface area contributed by atoms with Crippen molar-refractivity contribution in [2.75, 3.05) is 17.6 Å². The Morgan fingerprint density at radius 1 is 1.11 bits per heavy atom. The van der Waals surface area contributed by atoms with Gasteiger partial charge in [-0.2, -0.15) is 0 Å². The molecule has 18 heavy (non-hydrogen) atoms. The Morgan fingerprint density at radius 3 is 2.33 bits per heavy atom. The molecule has 0 radical (unpaired) electrons. The van der Waals surface area contributed by atoms with Gasteiger partial charge in [-0.15, -0.1) is 11.3 Å². The maximum Gasteiger partial charge on any atom is 0.0931 e. The van der Waals surface area contributed by atoms with Crippen molar-refractivity contribution in [3.05, 3.63) is 43.5 Å². The molecule has 2 rings (SSSR count). The highest BCUT2D eigenvalue weighted by atomic mass is 35.5. The summed E-state index contributed by atoms with van der Waals surface area (Å²) in [7, 11) is 0. The minimum Gasteiger partial charge on any atom is -0.399 e. The molecule has 96 valence electrons. The molecule has 0 aliphatic carbocycles. The number of nitrogens with one attached hydrogen (secondary N) is 1. The molecule has 0 spiro atoms. The Bertz CT molecular complexity index is 531. The summed E-state index contributed by atoms with van der Waals surface area (Å²) in [6.07, 6.45) is 0.869. The molecule has 2 aromatic rings. The zero-order valence-electron chi connectivity index (χ0n) is 9.34. The molecule has 0 atom stereocenters.